The summed E-state index contributed by atoms with van der Waals surface area (Å²) >= 11 is 0. The van der Waals surface area contributed by atoms with Gasteiger partial charge < -0.3 is 9.80 Å². The molecule has 320 valence electrons. The Morgan fingerprint density at radius 3 is 0.902 bits per heavy atom. The smallest absolute Gasteiger partial charge is 0.0462 e. The Labute approximate surface area is 371 Å². The maximum Gasteiger partial charge on any atom is 0.0462 e. The molecule has 0 aromatic heterocycles. The fraction of sp³-hybridized carbons (Fsp3) is 0.390. The second-order valence-corrected chi connectivity index (χ2v) is 18.1. The van der Waals surface area contributed by atoms with Gasteiger partial charge in [-0.15, -0.1) is 0 Å². The van der Waals surface area contributed by atoms with Crippen molar-refractivity contribution >= 4 is 34.1 Å². The van der Waals surface area contributed by atoms with Crippen LogP contribution in [0.15, 0.2) is 146 Å². The van der Waals surface area contributed by atoms with Crippen LogP contribution in [0.25, 0.3) is 11.1 Å². The second kappa shape index (κ2) is 21.6. The monoisotopic (exact) mass is 811 g/mol. The van der Waals surface area contributed by atoms with Crippen molar-refractivity contribution in [1.82, 2.24) is 0 Å². The number of benzene rings is 6. The van der Waals surface area contributed by atoms with Gasteiger partial charge in [0, 0.05) is 34.1 Å². The van der Waals surface area contributed by atoms with Crippen molar-refractivity contribution in [1.29, 1.82) is 0 Å². The van der Waals surface area contributed by atoms with Crippen molar-refractivity contribution < 1.29 is 0 Å². The molecule has 1 unspecified atom stereocenters. The van der Waals surface area contributed by atoms with Gasteiger partial charge in [0.25, 0.3) is 0 Å². The third-order valence-electron chi connectivity index (χ3n) is 13.4. The normalized spacial score (nSPS) is 12.6. The zero-order chi connectivity index (χ0) is 43.2. The molecule has 0 radical (unpaired) electrons. The van der Waals surface area contributed by atoms with Crippen LogP contribution in [-0.2, 0) is 23.7 Å². The van der Waals surface area contributed by atoms with E-state index in [1.807, 2.05) is 0 Å². The van der Waals surface area contributed by atoms with E-state index >= 15 is 0 Å². The van der Waals surface area contributed by atoms with Crippen LogP contribution in [0.1, 0.15) is 148 Å². The number of nitrogens with zero attached hydrogens (tertiary/aromatic N) is 2. The number of hydrogen-bond acceptors (Lipinski definition) is 2. The summed E-state index contributed by atoms with van der Waals surface area (Å²) in [6.45, 7) is 18.6. The highest BCUT2D eigenvalue weighted by Gasteiger charge is 2.26. The third kappa shape index (κ3) is 11.1. The van der Waals surface area contributed by atoms with Crippen LogP contribution in [0, 0.1) is 0 Å². The van der Waals surface area contributed by atoms with Crippen LogP contribution >= 0.6 is 0 Å². The second-order valence-electron chi connectivity index (χ2n) is 18.1. The standard InChI is InChI=1S/C59H74N2/c1-9-15-17-46-19-31-52(32-20-46)60(56-39-27-50(28-40-56)58(7,14-6)43-11-3)54-35-23-48(24-36-54)49-25-37-55(38-26-49)61(53-33-21-47(22-34-53)18-16-10-2)57-41-29-51(30-42-57)59(8,44-12-4)45-13-5/h19-42H,9-18,43-45H2,1-8H3. The van der Waals surface area contributed by atoms with Crippen LogP contribution in [0.2, 0.25) is 0 Å². The van der Waals surface area contributed by atoms with Crippen molar-refractivity contribution in [3.05, 3.63) is 168 Å². The molecule has 0 amide bonds. The highest BCUT2D eigenvalue weighted by molar-refractivity contribution is 5.81. The van der Waals surface area contributed by atoms with Crippen molar-refractivity contribution in [2.75, 3.05) is 9.80 Å². The van der Waals surface area contributed by atoms with Gasteiger partial charge in [0.05, 0.1) is 0 Å². The molecule has 0 aliphatic carbocycles. The predicted octanol–water partition coefficient (Wildman–Crippen LogP) is 18.3. The van der Waals surface area contributed by atoms with Gasteiger partial charge >= 0.3 is 0 Å². The number of unbranched alkanes of at least 4 members (excludes halogenated alkanes) is 2. The van der Waals surface area contributed by atoms with Gasteiger partial charge in [-0.2, -0.15) is 0 Å². The van der Waals surface area contributed by atoms with Crippen LogP contribution in [0.5, 0.6) is 0 Å². The number of anilines is 6. The predicted molar refractivity (Wildman–Crippen MR) is 268 cm³/mol. The molecule has 1 atom stereocenters. The van der Waals surface area contributed by atoms with Gasteiger partial charge in [-0.05, 0) is 168 Å². The van der Waals surface area contributed by atoms with Crippen molar-refractivity contribution in [2.24, 2.45) is 0 Å². The molecule has 6 rings (SSSR count). The van der Waals surface area contributed by atoms with Crippen LogP contribution in [-0.4, -0.2) is 0 Å². The molecule has 0 bridgehead atoms. The van der Waals surface area contributed by atoms with E-state index in [0.29, 0.717) is 0 Å². The molecule has 0 heterocycles. The minimum atomic E-state index is 0.196. The maximum absolute atomic E-state index is 2.45. The first kappa shape index (κ1) is 45.4. The highest BCUT2D eigenvalue weighted by Crippen LogP contribution is 2.41. The van der Waals surface area contributed by atoms with Crippen LogP contribution < -0.4 is 9.80 Å². The topological polar surface area (TPSA) is 6.48 Å². The molecule has 0 aliphatic heterocycles. The first-order valence-electron chi connectivity index (χ1n) is 23.9. The van der Waals surface area contributed by atoms with Gasteiger partial charge in [0.15, 0.2) is 0 Å². The average molecular weight is 811 g/mol. The lowest BCUT2D eigenvalue weighted by Gasteiger charge is -2.31. The summed E-state index contributed by atoms with van der Waals surface area (Å²) in [5.74, 6) is 0. The van der Waals surface area contributed by atoms with Crippen molar-refractivity contribution in [3.63, 3.8) is 0 Å². The summed E-state index contributed by atoms with van der Waals surface area (Å²) in [7, 11) is 0. The van der Waals surface area contributed by atoms with Crippen molar-refractivity contribution in [2.45, 2.75) is 150 Å². The molecule has 0 aliphatic rings. The summed E-state index contributed by atoms with van der Waals surface area (Å²) in [5, 5.41) is 0. The minimum absolute atomic E-state index is 0.196. The largest absolute Gasteiger partial charge is 0.311 e. The number of aryl methyl sites for hydroxylation is 2. The SMILES string of the molecule is CCCCc1ccc(N(c2ccc(-c3ccc(N(c4ccc(CCCC)cc4)c4ccc(C(C)(CCC)CCC)cc4)cc3)cc2)c2ccc(C(C)(CC)CCC)cc2)cc1. The minimum Gasteiger partial charge on any atom is -0.311 e. The van der Waals surface area contributed by atoms with Gasteiger partial charge in [0.1, 0.15) is 0 Å². The Morgan fingerprint density at radius 1 is 0.328 bits per heavy atom. The van der Waals surface area contributed by atoms with E-state index in [2.05, 4.69) is 211 Å². The first-order valence-corrected chi connectivity index (χ1v) is 23.9. The Kier molecular flexibility index (Phi) is 16.1. The fourth-order valence-electron chi connectivity index (χ4n) is 9.51. The molecular formula is C59H74N2. The molecule has 0 N–H and O–H groups in total. The maximum atomic E-state index is 2.45. The summed E-state index contributed by atoms with van der Waals surface area (Å²) < 4.78 is 0. The molecule has 61 heavy (non-hydrogen) atoms. The van der Waals surface area contributed by atoms with E-state index in [4.69, 9.17) is 0 Å². The first-order chi connectivity index (χ1) is 29.7. The molecule has 0 saturated heterocycles. The Hall–Kier alpha value is -5.08. The zero-order valence-electron chi connectivity index (χ0n) is 38.9. The zero-order valence-corrected chi connectivity index (χ0v) is 38.9. The Bertz CT molecular complexity index is 2170. The Balaban J connectivity index is 1.31. The molecule has 0 spiro atoms. The number of hydrogen-bond donors (Lipinski definition) is 0. The lowest BCUT2D eigenvalue weighted by Crippen LogP contribution is -2.21. The summed E-state index contributed by atoms with van der Waals surface area (Å²) in [5.41, 5.74) is 15.6. The van der Waals surface area contributed by atoms with Gasteiger partial charge in [0.2, 0.25) is 0 Å². The summed E-state index contributed by atoms with van der Waals surface area (Å²) in [6.07, 6.45) is 15.4. The molecule has 0 saturated carbocycles. The lowest BCUT2D eigenvalue weighted by molar-refractivity contribution is 0.392. The highest BCUT2D eigenvalue weighted by atomic mass is 15.1. The molecule has 2 heteroatoms. The number of rotatable bonds is 22. The summed E-state index contributed by atoms with van der Waals surface area (Å²) in [4.78, 5) is 4.83. The van der Waals surface area contributed by atoms with Gasteiger partial charge in [-0.1, -0.05) is 160 Å². The van der Waals surface area contributed by atoms with E-state index in [0.717, 1.165) is 30.6 Å². The Morgan fingerprint density at radius 2 is 0.607 bits per heavy atom. The fourth-order valence-corrected chi connectivity index (χ4v) is 9.51. The van der Waals surface area contributed by atoms with E-state index < -0.39 is 0 Å². The molecule has 6 aromatic carbocycles. The van der Waals surface area contributed by atoms with E-state index in [9.17, 15) is 0 Å². The van der Waals surface area contributed by atoms with Crippen molar-refractivity contribution in [3.8, 4) is 11.1 Å². The summed E-state index contributed by atoms with van der Waals surface area (Å²) in [6, 6.07) is 55.5. The van der Waals surface area contributed by atoms with Gasteiger partial charge in [-0.25, -0.2) is 0 Å². The van der Waals surface area contributed by atoms with E-state index in [-0.39, 0.29) is 10.8 Å². The van der Waals surface area contributed by atoms with Crippen LogP contribution in [0.3, 0.4) is 0 Å². The lowest BCUT2D eigenvalue weighted by atomic mass is 9.75. The molecule has 0 fully saturated rings. The van der Waals surface area contributed by atoms with Crippen LogP contribution in [0.4, 0.5) is 34.1 Å². The quantitative estimate of drug-likeness (QED) is 0.0674. The molecular weight excluding hydrogens is 737 g/mol. The third-order valence-corrected chi connectivity index (χ3v) is 13.4. The average Bonchev–Trinajstić information content (AvgIpc) is 3.30. The molecule has 2 nitrogen and oxygen atoms in total. The van der Waals surface area contributed by atoms with E-state index in [1.54, 1.807) is 0 Å². The van der Waals surface area contributed by atoms with E-state index in [1.165, 1.54) is 120 Å². The van der Waals surface area contributed by atoms with Gasteiger partial charge in [-0.3, -0.25) is 0 Å². The molecule has 6 aromatic rings.